The molecule has 0 fully saturated rings. The van der Waals surface area contributed by atoms with Gasteiger partial charge in [0.25, 0.3) is 0 Å². The summed E-state index contributed by atoms with van der Waals surface area (Å²) in [5, 5.41) is 0. The lowest BCUT2D eigenvalue weighted by Crippen LogP contribution is -2.25. The van der Waals surface area contributed by atoms with Gasteiger partial charge in [-0.15, -0.1) is 0 Å². The SMILES string of the molecule is Cc1cccnc1CNS(=O)(=O)c1ccccc1F. The van der Waals surface area contributed by atoms with Gasteiger partial charge in [-0.2, -0.15) is 0 Å². The van der Waals surface area contributed by atoms with E-state index in [1.807, 2.05) is 13.0 Å². The standard InChI is InChI=1S/C13H13FN2O2S/c1-10-5-4-8-15-12(10)9-16-19(17,18)13-7-3-2-6-11(13)14/h2-8,16H,9H2,1H3. The zero-order valence-corrected chi connectivity index (χ0v) is 11.1. The molecule has 0 unspecified atom stereocenters. The monoisotopic (exact) mass is 280 g/mol. The minimum absolute atomic E-state index is 0.0311. The van der Waals surface area contributed by atoms with E-state index >= 15 is 0 Å². The van der Waals surface area contributed by atoms with Gasteiger partial charge in [0.1, 0.15) is 10.7 Å². The van der Waals surface area contributed by atoms with Gasteiger partial charge in [-0.1, -0.05) is 18.2 Å². The second-order valence-electron chi connectivity index (χ2n) is 4.02. The Balaban J connectivity index is 2.20. The summed E-state index contributed by atoms with van der Waals surface area (Å²) in [4.78, 5) is 3.72. The lowest BCUT2D eigenvalue weighted by Gasteiger charge is -2.08. The summed E-state index contributed by atoms with van der Waals surface area (Å²) >= 11 is 0. The first-order valence-corrected chi connectivity index (χ1v) is 7.14. The van der Waals surface area contributed by atoms with E-state index < -0.39 is 15.8 Å². The lowest BCUT2D eigenvalue weighted by atomic mass is 10.2. The first-order chi connectivity index (χ1) is 9.00. The van der Waals surface area contributed by atoms with Gasteiger partial charge < -0.3 is 0 Å². The summed E-state index contributed by atoms with van der Waals surface area (Å²) in [5.41, 5.74) is 1.49. The molecule has 0 bridgehead atoms. The predicted molar refractivity (Wildman–Crippen MR) is 69.4 cm³/mol. The maximum atomic E-state index is 13.5. The van der Waals surface area contributed by atoms with Crippen LogP contribution in [0.5, 0.6) is 0 Å². The van der Waals surface area contributed by atoms with Crippen molar-refractivity contribution in [1.82, 2.24) is 9.71 Å². The van der Waals surface area contributed by atoms with Crippen LogP contribution in [0.3, 0.4) is 0 Å². The first kappa shape index (κ1) is 13.6. The normalized spacial score (nSPS) is 11.5. The fraction of sp³-hybridized carbons (Fsp3) is 0.154. The van der Waals surface area contributed by atoms with Gasteiger partial charge in [0, 0.05) is 6.20 Å². The summed E-state index contributed by atoms with van der Waals surface area (Å²) in [6.07, 6.45) is 1.58. The van der Waals surface area contributed by atoms with Crippen molar-refractivity contribution in [2.75, 3.05) is 0 Å². The van der Waals surface area contributed by atoms with Gasteiger partial charge in [0.15, 0.2) is 0 Å². The molecule has 0 atom stereocenters. The number of nitrogens with zero attached hydrogens (tertiary/aromatic N) is 1. The zero-order valence-electron chi connectivity index (χ0n) is 10.3. The summed E-state index contributed by atoms with van der Waals surface area (Å²) in [6.45, 7) is 1.86. The minimum Gasteiger partial charge on any atom is -0.260 e. The van der Waals surface area contributed by atoms with Gasteiger partial charge in [-0.3, -0.25) is 4.98 Å². The van der Waals surface area contributed by atoms with Crippen molar-refractivity contribution in [3.8, 4) is 0 Å². The fourth-order valence-corrected chi connectivity index (χ4v) is 2.67. The van der Waals surface area contributed by atoms with Gasteiger partial charge in [-0.25, -0.2) is 17.5 Å². The van der Waals surface area contributed by atoms with Gasteiger partial charge in [0.05, 0.1) is 12.2 Å². The predicted octanol–water partition coefficient (Wildman–Crippen LogP) is 2.01. The zero-order chi connectivity index (χ0) is 13.9. The molecular formula is C13H13FN2O2S. The third-order valence-electron chi connectivity index (χ3n) is 2.67. The second kappa shape index (κ2) is 5.46. The molecule has 6 heteroatoms. The largest absolute Gasteiger partial charge is 0.260 e. The van der Waals surface area contributed by atoms with Crippen LogP contribution in [0, 0.1) is 12.7 Å². The van der Waals surface area contributed by atoms with Crippen molar-refractivity contribution >= 4 is 10.0 Å². The van der Waals surface area contributed by atoms with Crippen molar-refractivity contribution in [3.63, 3.8) is 0 Å². The molecule has 0 aliphatic rings. The van der Waals surface area contributed by atoms with E-state index in [1.165, 1.54) is 18.2 Å². The molecule has 2 aromatic rings. The number of sulfonamides is 1. The summed E-state index contributed by atoms with van der Waals surface area (Å²) in [5.74, 6) is -0.771. The lowest BCUT2D eigenvalue weighted by molar-refractivity contribution is 0.556. The Morgan fingerprint density at radius 3 is 2.63 bits per heavy atom. The van der Waals surface area contributed by atoms with E-state index in [2.05, 4.69) is 9.71 Å². The number of halogens is 1. The van der Waals surface area contributed by atoms with Gasteiger partial charge in [0.2, 0.25) is 10.0 Å². The molecule has 2 rings (SSSR count). The average molecular weight is 280 g/mol. The summed E-state index contributed by atoms with van der Waals surface area (Å²) in [6, 6.07) is 8.86. The van der Waals surface area contributed by atoms with E-state index in [0.717, 1.165) is 11.6 Å². The van der Waals surface area contributed by atoms with E-state index in [9.17, 15) is 12.8 Å². The molecule has 1 aromatic carbocycles. The highest BCUT2D eigenvalue weighted by atomic mass is 32.2. The quantitative estimate of drug-likeness (QED) is 0.932. The minimum atomic E-state index is -3.87. The van der Waals surface area contributed by atoms with E-state index in [1.54, 1.807) is 12.3 Å². The third-order valence-corrected chi connectivity index (χ3v) is 4.11. The Labute approximate surface area is 111 Å². The molecular weight excluding hydrogens is 267 g/mol. The van der Waals surface area contributed by atoms with Crippen molar-refractivity contribution in [3.05, 3.63) is 59.7 Å². The van der Waals surface area contributed by atoms with Crippen LogP contribution >= 0.6 is 0 Å². The van der Waals surface area contributed by atoms with E-state index in [-0.39, 0.29) is 11.4 Å². The Morgan fingerprint density at radius 2 is 1.95 bits per heavy atom. The average Bonchev–Trinajstić information content (AvgIpc) is 2.38. The number of benzene rings is 1. The van der Waals surface area contributed by atoms with Crippen LogP contribution in [-0.2, 0) is 16.6 Å². The van der Waals surface area contributed by atoms with Gasteiger partial charge in [-0.05, 0) is 30.7 Å². The molecule has 0 saturated heterocycles. The number of hydrogen-bond donors (Lipinski definition) is 1. The molecule has 1 heterocycles. The van der Waals surface area contributed by atoms with Crippen LogP contribution in [-0.4, -0.2) is 13.4 Å². The first-order valence-electron chi connectivity index (χ1n) is 5.65. The molecule has 4 nitrogen and oxygen atoms in total. The molecule has 0 aliphatic heterocycles. The van der Waals surface area contributed by atoms with Crippen LogP contribution in [0.15, 0.2) is 47.5 Å². The number of aryl methyl sites for hydroxylation is 1. The summed E-state index contributed by atoms with van der Waals surface area (Å²) < 4.78 is 39.7. The molecule has 0 aliphatic carbocycles. The molecule has 0 spiro atoms. The number of nitrogens with one attached hydrogen (secondary N) is 1. The van der Waals surface area contributed by atoms with E-state index in [0.29, 0.717) is 5.69 Å². The topological polar surface area (TPSA) is 59.1 Å². The van der Waals surface area contributed by atoms with Crippen LogP contribution in [0.2, 0.25) is 0 Å². The van der Waals surface area contributed by atoms with Crippen molar-refractivity contribution in [2.24, 2.45) is 0 Å². The molecule has 0 radical (unpaired) electrons. The molecule has 19 heavy (non-hydrogen) atoms. The van der Waals surface area contributed by atoms with Crippen LogP contribution in [0.1, 0.15) is 11.3 Å². The van der Waals surface area contributed by atoms with Crippen molar-refractivity contribution < 1.29 is 12.8 Å². The van der Waals surface area contributed by atoms with Crippen LogP contribution in [0.4, 0.5) is 4.39 Å². The highest BCUT2D eigenvalue weighted by Crippen LogP contribution is 2.14. The molecule has 0 saturated carbocycles. The van der Waals surface area contributed by atoms with E-state index in [4.69, 9.17) is 0 Å². The fourth-order valence-electron chi connectivity index (χ4n) is 1.61. The Kier molecular flexibility index (Phi) is 3.92. The van der Waals surface area contributed by atoms with Crippen molar-refractivity contribution in [1.29, 1.82) is 0 Å². The highest BCUT2D eigenvalue weighted by Gasteiger charge is 2.18. The number of rotatable bonds is 4. The Hall–Kier alpha value is -1.79. The highest BCUT2D eigenvalue weighted by molar-refractivity contribution is 7.89. The second-order valence-corrected chi connectivity index (χ2v) is 5.76. The maximum Gasteiger partial charge on any atom is 0.243 e. The third kappa shape index (κ3) is 3.15. The molecule has 100 valence electrons. The molecule has 1 aromatic heterocycles. The van der Waals surface area contributed by atoms with Crippen LogP contribution < -0.4 is 4.72 Å². The summed E-state index contributed by atoms with van der Waals surface area (Å²) in [7, 11) is -3.87. The smallest absolute Gasteiger partial charge is 0.243 e. The van der Waals surface area contributed by atoms with Crippen molar-refractivity contribution in [2.45, 2.75) is 18.4 Å². The number of hydrogen-bond acceptors (Lipinski definition) is 3. The van der Waals surface area contributed by atoms with Crippen LogP contribution in [0.25, 0.3) is 0 Å². The Bertz CT molecular complexity index is 687. The van der Waals surface area contributed by atoms with Gasteiger partial charge >= 0.3 is 0 Å². The Morgan fingerprint density at radius 1 is 1.21 bits per heavy atom. The number of pyridine rings is 1. The number of aromatic nitrogens is 1. The molecule has 0 amide bonds. The maximum absolute atomic E-state index is 13.5. The molecule has 1 N–H and O–H groups in total.